The number of hydrogen-bond acceptors (Lipinski definition) is 1. The molecule has 3 fully saturated rings. The summed E-state index contributed by atoms with van der Waals surface area (Å²) < 4.78 is 6.07. The van der Waals surface area contributed by atoms with Crippen molar-refractivity contribution in [2.75, 3.05) is 0 Å². The summed E-state index contributed by atoms with van der Waals surface area (Å²) in [6.07, 6.45) is 8.67. The lowest BCUT2D eigenvalue weighted by atomic mass is 9.67. The van der Waals surface area contributed by atoms with Gasteiger partial charge in [-0.3, -0.25) is 0 Å². The third-order valence-electron chi connectivity index (χ3n) is 3.51. The quantitative estimate of drug-likeness (QED) is 0.615. The summed E-state index contributed by atoms with van der Waals surface area (Å²) >= 11 is 0. The van der Waals surface area contributed by atoms with E-state index >= 15 is 0 Å². The van der Waals surface area contributed by atoms with Gasteiger partial charge in [0.25, 0.3) is 0 Å². The van der Waals surface area contributed by atoms with Crippen LogP contribution in [-0.4, -0.2) is 11.7 Å². The zero-order chi connectivity index (χ0) is 8.60. The molecule has 12 heavy (non-hydrogen) atoms. The number of fused-ring (bicyclic) bond motifs is 3. The molecule has 0 heterocycles. The molecule has 1 nitrogen and oxygen atoms in total. The summed E-state index contributed by atoms with van der Waals surface area (Å²) in [5.41, 5.74) is 0.308. The summed E-state index contributed by atoms with van der Waals surface area (Å²) in [5, 5.41) is 0. The van der Waals surface area contributed by atoms with Crippen LogP contribution >= 0.6 is 0 Å². The summed E-state index contributed by atoms with van der Waals surface area (Å²) in [7, 11) is 0. The van der Waals surface area contributed by atoms with E-state index in [0.717, 1.165) is 5.92 Å². The molecule has 0 aromatic heterocycles. The topological polar surface area (TPSA) is 9.23 Å². The molecule has 0 N–H and O–H groups in total. The van der Waals surface area contributed by atoms with Gasteiger partial charge in [-0.1, -0.05) is 0 Å². The number of ether oxygens (including phenoxy) is 1. The fraction of sp³-hybridized carbons (Fsp3) is 1.00. The first-order valence-corrected chi connectivity index (χ1v) is 5.38. The Labute approximate surface area is 75.5 Å². The van der Waals surface area contributed by atoms with Gasteiger partial charge in [-0.15, -0.1) is 0 Å². The Hall–Kier alpha value is -0.0400. The molecule has 0 aromatic rings. The lowest BCUT2D eigenvalue weighted by Crippen LogP contribution is -2.43. The van der Waals surface area contributed by atoms with Crippen LogP contribution in [0.4, 0.5) is 0 Å². The minimum absolute atomic E-state index is 0.308. The van der Waals surface area contributed by atoms with Crippen molar-refractivity contribution < 1.29 is 4.74 Å². The minimum atomic E-state index is 0.308. The molecule has 0 spiro atoms. The van der Waals surface area contributed by atoms with Gasteiger partial charge in [0.05, 0.1) is 11.7 Å². The molecule has 0 saturated heterocycles. The minimum Gasteiger partial charge on any atom is -0.372 e. The smallest absolute Gasteiger partial charge is 0.0686 e. The predicted octanol–water partition coefficient (Wildman–Crippen LogP) is 3.13. The SMILES string of the molecule is CC(C)OC12CCC(CC1)CC2. The van der Waals surface area contributed by atoms with Crippen LogP contribution in [0.1, 0.15) is 52.4 Å². The van der Waals surface area contributed by atoms with Crippen molar-refractivity contribution in [3.05, 3.63) is 0 Å². The van der Waals surface area contributed by atoms with Crippen LogP contribution in [0.2, 0.25) is 0 Å². The van der Waals surface area contributed by atoms with Gasteiger partial charge < -0.3 is 4.74 Å². The van der Waals surface area contributed by atoms with Crippen molar-refractivity contribution in [3.63, 3.8) is 0 Å². The van der Waals surface area contributed by atoms with E-state index in [0.29, 0.717) is 11.7 Å². The third kappa shape index (κ3) is 1.52. The van der Waals surface area contributed by atoms with Gasteiger partial charge in [-0.2, -0.15) is 0 Å². The highest BCUT2D eigenvalue weighted by atomic mass is 16.5. The van der Waals surface area contributed by atoms with Gasteiger partial charge in [0.2, 0.25) is 0 Å². The fourth-order valence-corrected chi connectivity index (χ4v) is 2.89. The van der Waals surface area contributed by atoms with E-state index in [1.165, 1.54) is 38.5 Å². The van der Waals surface area contributed by atoms with Gasteiger partial charge in [-0.25, -0.2) is 0 Å². The van der Waals surface area contributed by atoms with Crippen LogP contribution in [-0.2, 0) is 4.74 Å². The second kappa shape index (κ2) is 3.02. The van der Waals surface area contributed by atoms with E-state index in [2.05, 4.69) is 13.8 Å². The van der Waals surface area contributed by atoms with Gasteiger partial charge >= 0.3 is 0 Å². The Morgan fingerprint density at radius 1 is 1.08 bits per heavy atom. The first kappa shape index (κ1) is 8.55. The molecule has 3 rings (SSSR count). The molecule has 0 aromatic carbocycles. The second-order valence-electron chi connectivity index (χ2n) is 4.83. The Bertz CT molecular complexity index is 141. The fourth-order valence-electron chi connectivity index (χ4n) is 2.89. The van der Waals surface area contributed by atoms with E-state index in [9.17, 15) is 0 Å². The molecule has 0 amide bonds. The molecule has 0 unspecified atom stereocenters. The average molecular weight is 168 g/mol. The average Bonchev–Trinajstić information content (AvgIpc) is 2.05. The lowest BCUT2D eigenvalue weighted by Gasteiger charge is -2.47. The van der Waals surface area contributed by atoms with Crippen LogP contribution < -0.4 is 0 Å². The van der Waals surface area contributed by atoms with Gasteiger partial charge in [0.15, 0.2) is 0 Å². The molecular formula is C11H20O. The molecule has 2 bridgehead atoms. The molecule has 3 aliphatic rings. The third-order valence-corrected chi connectivity index (χ3v) is 3.51. The summed E-state index contributed by atoms with van der Waals surface area (Å²) in [6.45, 7) is 4.32. The highest BCUT2D eigenvalue weighted by Gasteiger charge is 2.41. The van der Waals surface area contributed by atoms with Crippen molar-refractivity contribution in [2.45, 2.75) is 64.1 Å². The molecule has 0 radical (unpaired) electrons. The lowest BCUT2D eigenvalue weighted by molar-refractivity contribution is -0.135. The molecule has 3 saturated carbocycles. The Morgan fingerprint density at radius 2 is 1.58 bits per heavy atom. The highest BCUT2D eigenvalue weighted by molar-refractivity contribution is 4.93. The standard InChI is InChI=1S/C11H20O/c1-9(2)12-11-6-3-10(4-7-11)5-8-11/h9-10H,3-8H2,1-2H3. The van der Waals surface area contributed by atoms with E-state index in [4.69, 9.17) is 4.74 Å². The first-order valence-electron chi connectivity index (χ1n) is 5.38. The monoisotopic (exact) mass is 168 g/mol. The van der Waals surface area contributed by atoms with E-state index in [-0.39, 0.29) is 0 Å². The molecule has 3 aliphatic carbocycles. The second-order valence-corrected chi connectivity index (χ2v) is 4.83. The maximum absolute atomic E-state index is 6.07. The zero-order valence-corrected chi connectivity index (χ0v) is 8.31. The van der Waals surface area contributed by atoms with Crippen LogP contribution in [0.25, 0.3) is 0 Å². The summed E-state index contributed by atoms with van der Waals surface area (Å²) in [4.78, 5) is 0. The van der Waals surface area contributed by atoms with Crippen LogP contribution in [0.15, 0.2) is 0 Å². The largest absolute Gasteiger partial charge is 0.372 e. The number of rotatable bonds is 2. The van der Waals surface area contributed by atoms with Crippen molar-refractivity contribution in [2.24, 2.45) is 5.92 Å². The Morgan fingerprint density at radius 3 is 2.00 bits per heavy atom. The van der Waals surface area contributed by atoms with Crippen LogP contribution in [0.3, 0.4) is 0 Å². The van der Waals surface area contributed by atoms with Crippen molar-refractivity contribution in [1.29, 1.82) is 0 Å². The maximum atomic E-state index is 6.07. The molecule has 0 atom stereocenters. The maximum Gasteiger partial charge on any atom is 0.0686 e. The predicted molar refractivity (Wildman–Crippen MR) is 50.1 cm³/mol. The van der Waals surface area contributed by atoms with E-state index in [1.54, 1.807) is 0 Å². The molecule has 70 valence electrons. The summed E-state index contributed by atoms with van der Waals surface area (Å²) in [5.74, 6) is 1.04. The van der Waals surface area contributed by atoms with Crippen LogP contribution in [0.5, 0.6) is 0 Å². The van der Waals surface area contributed by atoms with Crippen molar-refractivity contribution >= 4 is 0 Å². The van der Waals surface area contributed by atoms with Gasteiger partial charge in [0, 0.05) is 0 Å². The zero-order valence-electron chi connectivity index (χ0n) is 8.31. The van der Waals surface area contributed by atoms with Gasteiger partial charge in [0.1, 0.15) is 0 Å². The first-order chi connectivity index (χ1) is 5.70. The van der Waals surface area contributed by atoms with Crippen molar-refractivity contribution in [1.82, 2.24) is 0 Å². The van der Waals surface area contributed by atoms with Gasteiger partial charge in [-0.05, 0) is 58.3 Å². The Kier molecular flexibility index (Phi) is 2.16. The Balaban J connectivity index is 1.99. The van der Waals surface area contributed by atoms with Crippen molar-refractivity contribution in [3.8, 4) is 0 Å². The normalized spacial score (nSPS) is 40.8. The highest BCUT2D eigenvalue weighted by Crippen LogP contribution is 2.46. The van der Waals surface area contributed by atoms with Crippen LogP contribution in [0, 0.1) is 5.92 Å². The molecular weight excluding hydrogens is 148 g/mol. The molecule has 0 aliphatic heterocycles. The number of hydrogen-bond donors (Lipinski definition) is 0. The molecule has 1 heteroatoms. The summed E-state index contributed by atoms with van der Waals surface area (Å²) in [6, 6.07) is 0. The van der Waals surface area contributed by atoms with E-state index < -0.39 is 0 Å². The van der Waals surface area contributed by atoms with E-state index in [1.807, 2.05) is 0 Å².